The summed E-state index contributed by atoms with van der Waals surface area (Å²) in [5, 5.41) is 20.7. The lowest BCUT2D eigenvalue weighted by Gasteiger charge is -2.08. The summed E-state index contributed by atoms with van der Waals surface area (Å²) in [5.74, 6) is -0.0428. The van der Waals surface area contributed by atoms with E-state index in [0.29, 0.717) is 46.6 Å². The average molecular weight is 323 g/mol. The Hall–Kier alpha value is -2.95. The van der Waals surface area contributed by atoms with Crippen molar-refractivity contribution in [1.29, 1.82) is 0 Å². The van der Waals surface area contributed by atoms with Gasteiger partial charge >= 0.3 is 0 Å². The van der Waals surface area contributed by atoms with Crippen LogP contribution in [0.4, 0.5) is 0 Å². The fourth-order valence-electron chi connectivity index (χ4n) is 3.32. The van der Waals surface area contributed by atoms with Gasteiger partial charge < -0.3 is 19.5 Å². The predicted molar refractivity (Wildman–Crippen MR) is 90.1 cm³/mol. The Labute approximate surface area is 138 Å². The predicted octanol–water partition coefficient (Wildman–Crippen LogP) is 3.29. The zero-order valence-corrected chi connectivity index (χ0v) is 13.5. The number of aryl methyl sites for hydroxylation is 2. The van der Waals surface area contributed by atoms with E-state index in [9.17, 15) is 15.0 Å². The van der Waals surface area contributed by atoms with Crippen LogP contribution in [-0.2, 0) is 6.54 Å². The van der Waals surface area contributed by atoms with Crippen LogP contribution in [0.1, 0.15) is 27.0 Å². The number of phenolic OH excluding ortho intramolecular Hbond substituents is 2. The van der Waals surface area contributed by atoms with Crippen LogP contribution in [0.2, 0.25) is 0 Å². The Kier molecular flexibility index (Phi) is 3.06. The van der Waals surface area contributed by atoms with Gasteiger partial charge in [0.15, 0.2) is 17.3 Å². The molecule has 0 unspecified atom stereocenters. The van der Waals surface area contributed by atoms with Crippen molar-refractivity contribution in [2.75, 3.05) is 6.61 Å². The van der Waals surface area contributed by atoms with Crippen molar-refractivity contribution in [3.05, 3.63) is 52.6 Å². The van der Waals surface area contributed by atoms with Crippen molar-refractivity contribution < 1.29 is 19.7 Å². The lowest BCUT2D eigenvalue weighted by Crippen LogP contribution is -2.03. The molecule has 4 rings (SSSR count). The average Bonchev–Trinajstić information content (AvgIpc) is 3.14. The molecule has 24 heavy (non-hydrogen) atoms. The number of phenols is 2. The molecule has 1 aromatic heterocycles. The molecule has 0 atom stereocenters. The van der Waals surface area contributed by atoms with Gasteiger partial charge in [0, 0.05) is 22.6 Å². The fraction of sp³-hybridized carbons (Fsp3) is 0.211. The standard InChI is InChI=1S/C19H17NO4/c1-10-3-5-12(6-4-10)18(23)16-15-11(2)17(22)14(21)9-13(15)20-7-8-24-19(16)20/h3-6,9,21-22H,7-8H2,1-2H3. The van der Waals surface area contributed by atoms with Crippen LogP contribution in [0.3, 0.4) is 0 Å². The molecule has 0 saturated carbocycles. The Morgan fingerprint density at radius 3 is 2.58 bits per heavy atom. The first-order valence-electron chi connectivity index (χ1n) is 7.81. The van der Waals surface area contributed by atoms with E-state index in [4.69, 9.17) is 4.74 Å². The molecular formula is C19H17NO4. The van der Waals surface area contributed by atoms with E-state index >= 15 is 0 Å². The Bertz CT molecular complexity index is 983. The van der Waals surface area contributed by atoms with Gasteiger partial charge in [-0.25, -0.2) is 0 Å². The lowest BCUT2D eigenvalue weighted by molar-refractivity contribution is 0.103. The molecule has 0 radical (unpaired) electrons. The number of fused-ring (bicyclic) bond motifs is 3. The number of nitrogens with zero attached hydrogens (tertiary/aromatic N) is 1. The van der Waals surface area contributed by atoms with Gasteiger partial charge in [-0.1, -0.05) is 29.8 Å². The highest BCUT2D eigenvalue weighted by atomic mass is 16.5. The SMILES string of the molecule is Cc1ccc(C(=O)c2c3n(c4cc(O)c(O)c(C)c24)CCO3)cc1. The van der Waals surface area contributed by atoms with Gasteiger partial charge in [0.25, 0.3) is 0 Å². The number of aromatic hydroxyl groups is 2. The second kappa shape index (κ2) is 5.03. The maximum absolute atomic E-state index is 13.1. The topological polar surface area (TPSA) is 71.7 Å². The third-order valence-electron chi connectivity index (χ3n) is 4.60. The molecule has 1 aliphatic heterocycles. The first-order valence-corrected chi connectivity index (χ1v) is 7.81. The molecule has 2 heterocycles. The Balaban J connectivity index is 2.03. The second-order valence-electron chi connectivity index (χ2n) is 6.14. The molecule has 0 saturated heterocycles. The minimum atomic E-state index is -0.204. The van der Waals surface area contributed by atoms with Crippen molar-refractivity contribution >= 4 is 16.7 Å². The second-order valence-corrected chi connectivity index (χ2v) is 6.14. The number of benzene rings is 2. The van der Waals surface area contributed by atoms with Gasteiger partial charge in [0.2, 0.25) is 5.88 Å². The van der Waals surface area contributed by atoms with E-state index in [1.807, 2.05) is 23.6 Å². The number of hydrogen-bond acceptors (Lipinski definition) is 4. The highest BCUT2D eigenvalue weighted by molar-refractivity contribution is 6.19. The Morgan fingerprint density at radius 2 is 1.88 bits per heavy atom. The quantitative estimate of drug-likeness (QED) is 0.561. The van der Waals surface area contributed by atoms with Gasteiger partial charge in [-0.15, -0.1) is 0 Å². The third-order valence-corrected chi connectivity index (χ3v) is 4.60. The van der Waals surface area contributed by atoms with E-state index in [1.165, 1.54) is 6.07 Å². The van der Waals surface area contributed by atoms with E-state index in [2.05, 4.69) is 0 Å². The fourth-order valence-corrected chi connectivity index (χ4v) is 3.32. The zero-order valence-electron chi connectivity index (χ0n) is 13.5. The van der Waals surface area contributed by atoms with E-state index in [-0.39, 0.29) is 17.3 Å². The number of rotatable bonds is 2. The molecule has 0 aliphatic carbocycles. The maximum Gasteiger partial charge on any atom is 0.206 e. The summed E-state index contributed by atoms with van der Waals surface area (Å²) < 4.78 is 7.57. The highest BCUT2D eigenvalue weighted by Gasteiger charge is 2.30. The van der Waals surface area contributed by atoms with E-state index < -0.39 is 0 Å². The Morgan fingerprint density at radius 1 is 1.17 bits per heavy atom. The van der Waals surface area contributed by atoms with E-state index in [0.717, 1.165) is 5.56 Å². The molecular weight excluding hydrogens is 306 g/mol. The number of carbonyl (C=O) groups excluding carboxylic acids is 1. The molecule has 0 spiro atoms. The number of ketones is 1. The molecule has 3 aromatic rings. The molecule has 2 aromatic carbocycles. The molecule has 5 heteroatoms. The zero-order chi connectivity index (χ0) is 17.0. The van der Waals surface area contributed by atoms with Gasteiger partial charge in [0.1, 0.15) is 6.61 Å². The van der Waals surface area contributed by atoms with Crippen LogP contribution in [-0.4, -0.2) is 27.2 Å². The summed E-state index contributed by atoms with van der Waals surface area (Å²) in [4.78, 5) is 13.1. The van der Waals surface area contributed by atoms with Gasteiger partial charge in [-0.05, 0) is 13.8 Å². The molecule has 5 nitrogen and oxygen atoms in total. The monoisotopic (exact) mass is 323 g/mol. The van der Waals surface area contributed by atoms with Gasteiger partial charge in [-0.3, -0.25) is 4.79 Å². The summed E-state index contributed by atoms with van der Waals surface area (Å²) in [6.45, 7) is 4.75. The first kappa shape index (κ1) is 14.6. The van der Waals surface area contributed by atoms with Crippen LogP contribution in [0.25, 0.3) is 10.9 Å². The molecule has 1 aliphatic rings. The van der Waals surface area contributed by atoms with Crippen LogP contribution in [0.5, 0.6) is 17.4 Å². The van der Waals surface area contributed by atoms with Crippen molar-refractivity contribution in [3.63, 3.8) is 0 Å². The molecule has 2 N–H and O–H groups in total. The van der Waals surface area contributed by atoms with Crippen LogP contribution in [0.15, 0.2) is 30.3 Å². The van der Waals surface area contributed by atoms with Crippen LogP contribution < -0.4 is 4.74 Å². The van der Waals surface area contributed by atoms with Gasteiger partial charge in [-0.2, -0.15) is 0 Å². The summed E-state index contributed by atoms with van der Waals surface area (Å²) >= 11 is 0. The summed E-state index contributed by atoms with van der Waals surface area (Å²) in [7, 11) is 0. The van der Waals surface area contributed by atoms with Gasteiger partial charge in [0.05, 0.1) is 17.6 Å². The van der Waals surface area contributed by atoms with Crippen molar-refractivity contribution in [2.24, 2.45) is 0 Å². The number of aromatic nitrogens is 1. The molecule has 122 valence electrons. The minimum absolute atomic E-state index is 0.149. The summed E-state index contributed by atoms with van der Waals surface area (Å²) in [5.41, 5.74) is 3.27. The molecule has 0 bridgehead atoms. The lowest BCUT2D eigenvalue weighted by atomic mass is 9.98. The smallest absolute Gasteiger partial charge is 0.206 e. The highest BCUT2D eigenvalue weighted by Crippen LogP contribution is 2.44. The normalized spacial score (nSPS) is 13.1. The van der Waals surface area contributed by atoms with Crippen molar-refractivity contribution in [2.45, 2.75) is 20.4 Å². The van der Waals surface area contributed by atoms with Crippen LogP contribution in [0, 0.1) is 13.8 Å². The molecule has 0 fully saturated rings. The summed E-state index contributed by atoms with van der Waals surface area (Å²) in [6.07, 6.45) is 0. The first-order chi connectivity index (χ1) is 11.5. The van der Waals surface area contributed by atoms with Crippen molar-refractivity contribution in [1.82, 2.24) is 4.57 Å². The minimum Gasteiger partial charge on any atom is -0.504 e. The molecule has 0 amide bonds. The summed E-state index contributed by atoms with van der Waals surface area (Å²) in [6, 6.07) is 8.85. The number of carbonyl (C=O) groups is 1. The number of hydrogen-bond donors (Lipinski definition) is 2. The maximum atomic E-state index is 13.1. The van der Waals surface area contributed by atoms with E-state index in [1.54, 1.807) is 19.1 Å². The third kappa shape index (κ3) is 1.91. The van der Waals surface area contributed by atoms with Crippen LogP contribution >= 0.6 is 0 Å². The van der Waals surface area contributed by atoms with Crippen molar-refractivity contribution in [3.8, 4) is 17.4 Å². The number of ether oxygens (including phenoxy) is 1. The largest absolute Gasteiger partial charge is 0.504 e.